The standard InChI is InChI=1S/C23H21F2N5/c1-13-5-15(7-16(24)6-13)17-9-27-10-18(22(17)30-11-14(8-26)12-30)23-28-20-4-2-3-19(25)21(20)29-23/h2-7,9-10,14H,8,11-12,26H2,1H3,(H,28,29). The van der Waals surface area contributed by atoms with Gasteiger partial charge in [-0.1, -0.05) is 12.1 Å². The van der Waals surface area contributed by atoms with Crippen LogP contribution in [0.1, 0.15) is 5.56 Å². The van der Waals surface area contributed by atoms with E-state index < -0.39 is 0 Å². The zero-order valence-corrected chi connectivity index (χ0v) is 16.5. The number of fused-ring (bicyclic) bond motifs is 1. The second-order valence-corrected chi connectivity index (χ2v) is 7.83. The van der Waals surface area contributed by atoms with Crippen molar-refractivity contribution in [3.63, 3.8) is 0 Å². The molecular formula is C23H21F2N5. The quantitative estimate of drug-likeness (QED) is 0.532. The predicted octanol–water partition coefficient (Wildman–Crippen LogP) is 4.27. The van der Waals surface area contributed by atoms with Crippen LogP contribution in [0.15, 0.2) is 48.8 Å². The van der Waals surface area contributed by atoms with Gasteiger partial charge in [-0.2, -0.15) is 0 Å². The number of nitrogens with two attached hydrogens (primary N) is 1. The molecule has 1 saturated heterocycles. The maximum Gasteiger partial charge on any atom is 0.151 e. The van der Waals surface area contributed by atoms with E-state index in [2.05, 4.69) is 19.9 Å². The molecule has 1 aliphatic rings. The fourth-order valence-electron chi connectivity index (χ4n) is 4.10. The number of aryl methyl sites for hydroxylation is 1. The largest absolute Gasteiger partial charge is 0.370 e. The van der Waals surface area contributed by atoms with Crippen molar-refractivity contribution >= 4 is 16.7 Å². The van der Waals surface area contributed by atoms with E-state index in [1.54, 1.807) is 24.5 Å². The van der Waals surface area contributed by atoms with Crippen molar-refractivity contribution in [3.8, 4) is 22.5 Å². The van der Waals surface area contributed by atoms with Gasteiger partial charge in [0.2, 0.25) is 0 Å². The Morgan fingerprint density at radius 3 is 2.67 bits per heavy atom. The number of benzene rings is 2. The second-order valence-electron chi connectivity index (χ2n) is 7.83. The van der Waals surface area contributed by atoms with Crippen molar-refractivity contribution in [1.29, 1.82) is 0 Å². The highest BCUT2D eigenvalue weighted by Gasteiger charge is 2.30. The van der Waals surface area contributed by atoms with Crippen molar-refractivity contribution in [3.05, 3.63) is 66.0 Å². The van der Waals surface area contributed by atoms with Crippen molar-refractivity contribution in [2.45, 2.75) is 6.92 Å². The third-order valence-corrected chi connectivity index (χ3v) is 5.60. The Hall–Kier alpha value is -3.32. The normalized spacial score (nSPS) is 14.3. The highest BCUT2D eigenvalue weighted by Crippen LogP contribution is 2.41. The van der Waals surface area contributed by atoms with Gasteiger partial charge in [0.05, 0.1) is 16.8 Å². The summed E-state index contributed by atoms with van der Waals surface area (Å²) in [6.07, 6.45) is 3.46. The molecule has 152 valence electrons. The summed E-state index contributed by atoms with van der Waals surface area (Å²) in [6, 6.07) is 9.76. The topological polar surface area (TPSA) is 70.8 Å². The minimum Gasteiger partial charge on any atom is -0.370 e. The van der Waals surface area contributed by atoms with E-state index in [0.29, 0.717) is 23.8 Å². The minimum atomic E-state index is -0.381. The van der Waals surface area contributed by atoms with E-state index in [1.807, 2.05) is 13.0 Å². The molecule has 7 heteroatoms. The fraction of sp³-hybridized carbons (Fsp3) is 0.217. The first-order valence-electron chi connectivity index (χ1n) is 9.88. The molecule has 0 amide bonds. The van der Waals surface area contributed by atoms with Gasteiger partial charge in [0.25, 0.3) is 0 Å². The van der Waals surface area contributed by atoms with Gasteiger partial charge in [-0.3, -0.25) is 4.98 Å². The molecule has 4 aromatic rings. The monoisotopic (exact) mass is 405 g/mol. The summed E-state index contributed by atoms with van der Waals surface area (Å²) < 4.78 is 28.4. The maximum atomic E-state index is 14.2. The molecule has 0 bridgehead atoms. The van der Waals surface area contributed by atoms with E-state index in [1.165, 1.54) is 18.2 Å². The van der Waals surface area contributed by atoms with E-state index >= 15 is 0 Å². The molecule has 0 radical (unpaired) electrons. The zero-order valence-electron chi connectivity index (χ0n) is 16.5. The second kappa shape index (κ2) is 7.18. The van der Waals surface area contributed by atoms with Crippen LogP contribution in [0.3, 0.4) is 0 Å². The molecule has 0 saturated carbocycles. The lowest BCUT2D eigenvalue weighted by atomic mass is 9.94. The van der Waals surface area contributed by atoms with Crippen molar-refractivity contribution < 1.29 is 8.78 Å². The van der Waals surface area contributed by atoms with Gasteiger partial charge in [-0.15, -0.1) is 0 Å². The van der Waals surface area contributed by atoms with Crippen LogP contribution < -0.4 is 10.6 Å². The summed E-state index contributed by atoms with van der Waals surface area (Å²) in [5.74, 6) is 0.258. The van der Waals surface area contributed by atoms with Crippen LogP contribution in [0.5, 0.6) is 0 Å². The number of rotatable bonds is 4. The summed E-state index contributed by atoms with van der Waals surface area (Å²) >= 11 is 0. The highest BCUT2D eigenvalue weighted by molar-refractivity contribution is 5.91. The summed E-state index contributed by atoms with van der Waals surface area (Å²) in [5.41, 5.74) is 10.8. The third kappa shape index (κ3) is 3.11. The number of anilines is 1. The summed E-state index contributed by atoms with van der Waals surface area (Å²) in [4.78, 5) is 14.3. The van der Waals surface area contributed by atoms with Gasteiger partial charge in [0, 0.05) is 37.0 Å². The van der Waals surface area contributed by atoms with E-state index in [0.717, 1.165) is 41.0 Å². The Morgan fingerprint density at radius 2 is 1.93 bits per heavy atom. The number of halogens is 2. The Labute approximate surface area is 172 Å². The fourth-order valence-corrected chi connectivity index (χ4v) is 4.10. The molecule has 30 heavy (non-hydrogen) atoms. The smallest absolute Gasteiger partial charge is 0.151 e. The number of imidazole rings is 1. The lowest BCUT2D eigenvalue weighted by molar-refractivity contribution is 0.421. The molecule has 0 aliphatic carbocycles. The number of H-pyrrole nitrogens is 1. The summed E-state index contributed by atoms with van der Waals surface area (Å²) in [6.45, 7) is 4.06. The molecule has 1 fully saturated rings. The van der Waals surface area contributed by atoms with Crippen molar-refractivity contribution in [1.82, 2.24) is 15.0 Å². The van der Waals surface area contributed by atoms with Gasteiger partial charge >= 0.3 is 0 Å². The number of nitrogens with zero attached hydrogens (tertiary/aromatic N) is 3. The molecule has 3 N–H and O–H groups in total. The zero-order chi connectivity index (χ0) is 20.8. The maximum absolute atomic E-state index is 14.2. The van der Waals surface area contributed by atoms with Crippen LogP contribution in [0.4, 0.5) is 14.5 Å². The average molecular weight is 405 g/mol. The SMILES string of the molecule is Cc1cc(F)cc(-c2cncc(-c3nc4c(F)cccc4[nH]3)c2N2CC(CN)C2)c1. The first-order valence-corrected chi connectivity index (χ1v) is 9.88. The van der Waals surface area contributed by atoms with Crippen LogP contribution in [0, 0.1) is 24.5 Å². The molecule has 5 nitrogen and oxygen atoms in total. The number of hydrogen-bond donors (Lipinski definition) is 2. The molecule has 0 unspecified atom stereocenters. The molecule has 3 heterocycles. The lowest BCUT2D eigenvalue weighted by Gasteiger charge is -2.42. The molecule has 1 aliphatic heterocycles. The number of hydrogen-bond acceptors (Lipinski definition) is 4. The number of nitrogens with one attached hydrogen (secondary N) is 1. The van der Waals surface area contributed by atoms with Crippen LogP contribution in [-0.4, -0.2) is 34.6 Å². The number of pyridine rings is 1. The Bertz CT molecular complexity index is 1220. The molecule has 5 rings (SSSR count). The first kappa shape index (κ1) is 18.7. The predicted molar refractivity (Wildman–Crippen MR) is 114 cm³/mol. The minimum absolute atomic E-state index is 0.286. The molecular weight excluding hydrogens is 384 g/mol. The van der Waals surface area contributed by atoms with Gasteiger partial charge in [0.1, 0.15) is 17.2 Å². The van der Waals surface area contributed by atoms with Crippen LogP contribution in [-0.2, 0) is 0 Å². The van der Waals surface area contributed by atoms with Gasteiger partial charge < -0.3 is 15.6 Å². The summed E-state index contributed by atoms with van der Waals surface area (Å²) in [5, 5.41) is 0. The van der Waals surface area contributed by atoms with Crippen LogP contribution >= 0.6 is 0 Å². The highest BCUT2D eigenvalue weighted by atomic mass is 19.1. The van der Waals surface area contributed by atoms with Crippen molar-refractivity contribution in [2.75, 3.05) is 24.5 Å². The first-order chi connectivity index (χ1) is 14.5. The number of aromatic amines is 1. The van der Waals surface area contributed by atoms with E-state index in [4.69, 9.17) is 5.73 Å². The number of para-hydroxylation sites is 1. The molecule has 0 spiro atoms. The summed E-state index contributed by atoms with van der Waals surface area (Å²) in [7, 11) is 0. The van der Waals surface area contributed by atoms with Gasteiger partial charge in [-0.05, 0) is 48.9 Å². The molecule has 2 aromatic carbocycles. The van der Waals surface area contributed by atoms with Gasteiger partial charge in [-0.25, -0.2) is 13.8 Å². The Balaban J connectivity index is 1.71. The average Bonchev–Trinajstić information content (AvgIpc) is 3.12. The Kier molecular flexibility index (Phi) is 4.47. The van der Waals surface area contributed by atoms with E-state index in [9.17, 15) is 8.78 Å². The molecule has 2 aromatic heterocycles. The Morgan fingerprint density at radius 1 is 1.13 bits per heavy atom. The third-order valence-electron chi connectivity index (χ3n) is 5.60. The molecule has 0 atom stereocenters. The van der Waals surface area contributed by atoms with Crippen molar-refractivity contribution in [2.24, 2.45) is 11.7 Å². The van der Waals surface area contributed by atoms with E-state index in [-0.39, 0.29) is 17.2 Å². The lowest BCUT2D eigenvalue weighted by Crippen LogP contribution is -2.50. The van der Waals surface area contributed by atoms with Crippen LogP contribution in [0.2, 0.25) is 0 Å². The number of aromatic nitrogens is 3. The van der Waals surface area contributed by atoms with Gasteiger partial charge in [0.15, 0.2) is 5.82 Å². The van der Waals surface area contributed by atoms with Crippen LogP contribution in [0.25, 0.3) is 33.5 Å².